The number of nitrogens with one attached hydrogen (secondary N) is 1. The van der Waals surface area contributed by atoms with Gasteiger partial charge in [0.1, 0.15) is 5.60 Å². The summed E-state index contributed by atoms with van der Waals surface area (Å²) in [5.74, 6) is -5.90. The molecule has 0 radical (unpaired) electrons. The van der Waals surface area contributed by atoms with E-state index in [1.165, 1.54) is 6.07 Å². The fraction of sp³-hybridized carbons (Fsp3) is 0.619. The van der Waals surface area contributed by atoms with Crippen molar-refractivity contribution < 1.29 is 47.3 Å². The number of hydrogen-bond donors (Lipinski definition) is 3. The van der Waals surface area contributed by atoms with E-state index in [1.807, 2.05) is 0 Å². The van der Waals surface area contributed by atoms with Gasteiger partial charge in [-0.2, -0.15) is 18.3 Å². The number of aliphatic carboxylic acids is 1. The number of piperidine rings is 1. The normalized spacial score (nSPS) is 20.6. The Kier molecular flexibility index (Phi) is 8.06. The van der Waals surface area contributed by atoms with Gasteiger partial charge >= 0.3 is 24.3 Å². The lowest BCUT2D eigenvalue weighted by molar-refractivity contribution is -0.203. The monoisotopic (exact) mass is 519 g/mol. The van der Waals surface area contributed by atoms with Crippen LogP contribution in [0.2, 0.25) is 0 Å². The van der Waals surface area contributed by atoms with Crippen LogP contribution in [0.25, 0.3) is 0 Å². The van der Waals surface area contributed by atoms with Gasteiger partial charge in [-0.3, -0.25) is 14.9 Å². The summed E-state index contributed by atoms with van der Waals surface area (Å²) in [4.78, 5) is 50.3. The highest BCUT2D eigenvalue weighted by Gasteiger charge is 2.60. The van der Waals surface area contributed by atoms with Gasteiger partial charge in [-0.25, -0.2) is 14.5 Å². The molecule has 1 aromatic heterocycles. The average Bonchev–Trinajstić information content (AvgIpc) is 2.72. The highest BCUT2D eigenvalue weighted by Crippen LogP contribution is 2.44. The molecule has 0 aromatic carbocycles. The molecule has 2 atom stereocenters. The van der Waals surface area contributed by atoms with Crippen LogP contribution in [0.1, 0.15) is 39.8 Å². The van der Waals surface area contributed by atoms with E-state index in [4.69, 9.17) is 4.74 Å². The van der Waals surface area contributed by atoms with Crippen molar-refractivity contribution in [3.8, 4) is 0 Å². The van der Waals surface area contributed by atoms with E-state index >= 15 is 0 Å². The Balaban J connectivity index is 2.55. The molecule has 1 aliphatic heterocycles. The Labute approximate surface area is 204 Å². The lowest BCUT2D eigenvalue weighted by atomic mass is 9.71. The summed E-state index contributed by atoms with van der Waals surface area (Å²) in [6.07, 6.45) is -9.84. The molecule has 2 heterocycles. The Bertz CT molecular complexity index is 1040. The number of imide groups is 1. The summed E-state index contributed by atoms with van der Waals surface area (Å²) in [5.41, 5.74) is -3.59. The highest BCUT2D eigenvalue weighted by molar-refractivity contribution is 6.07. The minimum atomic E-state index is -4.95. The number of carbonyl (C=O) groups excluding carboxylic acids is 2. The number of halogens is 3. The first kappa shape index (κ1) is 28.6. The van der Waals surface area contributed by atoms with Gasteiger partial charge in [-0.15, -0.1) is 5.10 Å². The minimum absolute atomic E-state index is 0.0945. The van der Waals surface area contributed by atoms with Crippen molar-refractivity contribution in [2.24, 2.45) is 11.3 Å². The number of carboxylic acids is 1. The van der Waals surface area contributed by atoms with E-state index in [9.17, 15) is 42.6 Å². The van der Waals surface area contributed by atoms with Gasteiger partial charge in [-0.1, -0.05) is 0 Å². The zero-order chi connectivity index (χ0) is 27.6. The summed E-state index contributed by atoms with van der Waals surface area (Å²) >= 11 is 0. The molecule has 1 aliphatic rings. The van der Waals surface area contributed by atoms with E-state index in [0.29, 0.717) is 6.54 Å². The van der Waals surface area contributed by atoms with E-state index in [-0.39, 0.29) is 22.1 Å². The molecule has 200 valence electrons. The van der Waals surface area contributed by atoms with Crippen molar-refractivity contribution >= 4 is 35.6 Å². The van der Waals surface area contributed by atoms with E-state index in [0.717, 1.165) is 0 Å². The summed E-state index contributed by atoms with van der Waals surface area (Å²) < 4.78 is 45.9. The second-order valence-electron chi connectivity index (χ2n) is 9.41. The summed E-state index contributed by atoms with van der Waals surface area (Å²) in [6, 6.07) is 1.30. The van der Waals surface area contributed by atoms with Crippen LogP contribution >= 0.6 is 0 Å². The van der Waals surface area contributed by atoms with E-state index in [2.05, 4.69) is 15.5 Å². The van der Waals surface area contributed by atoms with Gasteiger partial charge in [0.2, 0.25) is 5.91 Å². The molecule has 1 saturated heterocycles. The maximum absolute atomic E-state index is 13.6. The number of amides is 3. The molecule has 12 nitrogen and oxygen atoms in total. The van der Waals surface area contributed by atoms with Crippen LogP contribution in [0.15, 0.2) is 6.07 Å². The molecule has 36 heavy (non-hydrogen) atoms. The Hall–Kier alpha value is -3.65. The molecule has 1 aromatic rings. The number of ether oxygens (including phenoxy) is 1. The van der Waals surface area contributed by atoms with Crippen molar-refractivity contribution in [1.82, 2.24) is 15.1 Å². The number of carboxylic acid groups (broad SMARTS) is 2. The average molecular weight is 519 g/mol. The van der Waals surface area contributed by atoms with Crippen LogP contribution < -0.4 is 10.2 Å². The molecular weight excluding hydrogens is 491 g/mol. The molecule has 1 unspecified atom stereocenters. The molecular formula is C21H28F3N5O7. The maximum Gasteiger partial charge on any atom is 0.414 e. The first-order chi connectivity index (χ1) is 16.4. The Morgan fingerprint density at radius 3 is 2.33 bits per heavy atom. The van der Waals surface area contributed by atoms with Gasteiger partial charge < -0.3 is 19.8 Å². The number of alkyl halides is 3. The fourth-order valence-corrected chi connectivity index (χ4v) is 3.71. The van der Waals surface area contributed by atoms with Crippen molar-refractivity contribution in [2.45, 2.75) is 52.3 Å². The SMILES string of the molecule is CCN(C)c1cc(NC(=O)OC(C)(C)C)nnc1CC1(C(=O)O)C[C@@H](C(F)(F)F)CN(C(=O)O)C1=O. The van der Waals surface area contributed by atoms with Gasteiger partial charge in [0.15, 0.2) is 11.2 Å². The number of nitrogens with zero attached hydrogens (tertiary/aromatic N) is 4. The molecule has 2 rings (SSSR count). The third kappa shape index (κ3) is 6.31. The lowest BCUT2D eigenvalue weighted by Crippen LogP contribution is -2.60. The van der Waals surface area contributed by atoms with Crippen LogP contribution in [0.4, 0.5) is 34.3 Å². The maximum atomic E-state index is 13.6. The highest BCUT2D eigenvalue weighted by atomic mass is 19.4. The zero-order valence-electron chi connectivity index (χ0n) is 20.3. The molecule has 15 heteroatoms. The lowest BCUT2D eigenvalue weighted by Gasteiger charge is -2.41. The summed E-state index contributed by atoms with van der Waals surface area (Å²) in [5, 5.41) is 29.3. The predicted molar refractivity (Wildman–Crippen MR) is 119 cm³/mol. The molecule has 0 aliphatic carbocycles. The van der Waals surface area contributed by atoms with Crippen molar-refractivity contribution in [2.75, 3.05) is 30.4 Å². The van der Waals surface area contributed by atoms with Crippen LogP contribution in [-0.2, 0) is 20.7 Å². The minimum Gasteiger partial charge on any atom is -0.480 e. The van der Waals surface area contributed by atoms with Gasteiger partial charge in [0.05, 0.1) is 17.3 Å². The van der Waals surface area contributed by atoms with Crippen molar-refractivity contribution in [1.29, 1.82) is 0 Å². The smallest absolute Gasteiger partial charge is 0.414 e. The quantitative estimate of drug-likeness (QED) is 0.476. The van der Waals surface area contributed by atoms with E-state index < -0.39 is 66.6 Å². The fourth-order valence-electron chi connectivity index (χ4n) is 3.71. The summed E-state index contributed by atoms with van der Waals surface area (Å²) in [7, 11) is 1.57. The number of rotatable bonds is 6. The van der Waals surface area contributed by atoms with Crippen LogP contribution in [0.5, 0.6) is 0 Å². The van der Waals surface area contributed by atoms with Crippen LogP contribution in [0.3, 0.4) is 0 Å². The Morgan fingerprint density at radius 2 is 1.86 bits per heavy atom. The van der Waals surface area contributed by atoms with Gasteiger partial charge in [-0.05, 0) is 34.1 Å². The standard InChI is InChI=1S/C21H28F3N5O7/c1-6-28(5)13-7-14(25-17(33)36-19(2,3)4)27-26-12(13)9-20(16(31)32)8-11(21(22,23)24)10-29(15(20)30)18(34)35/h7,11H,6,8-10H2,1-5H3,(H,31,32)(H,34,35)(H,25,27,33)/t11-,20?/m1/s1. The molecule has 1 fully saturated rings. The summed E-state index contributed by atoms with van der Waals surface area (Å²) in [6.45, 7) is 5.75. The van der Waals surface area contributed by atoms with Crippen molar-refractivity contribution in [3.05, 3.63) is 11.8 Å². The van der Waals surface area contributed by atoms with E-state index in [1.54, 1.807) is 39.6 Å². The topological polar surface area (TPSA) is 162 Å². The first-order valence-electron chi connectivity index (χ1n) is 10.8. The molecule has 0 saturated carbocycles. The van der Waals surface area contributed by atoms with Crippen molar-refractivity contribution in [3.63, 3.8) is 0 Å². The number of aromatic nitrogens is 2. The number of carbonyl (C=O) groups is 4. The molecule has 3 N–H and O–H groups in total. The van der Waals surface area contributed by atoms with Crippen LogP contribution in [-0.4, -0.2) is 81.3 Å². The molecule has 0 bridgehead atoms. The number of hydrogen-bond acceptors (Lipinski definition) is 8. The first-order valence-corrected chi connectivity index (χ1v) is 10.8. The molecule has 0 spiro atoms. The van der Waals surface area contributed by atoms with Gasteiger partial charge in [0, 0.05) is 32.6 Å². The zero-order valence-corrected chi connectivity index (χ0v) is 20.3. The number of anilines is 2. The van der Waals surface area contributed by atoms with Crippen LogP contribution in [0, 0.1) is 11.3 Å². The van der Waals surface area contributed by atoms with Gasteiger partial charge in [0.25, 0.3) is 0 Å². The third-order valence-electron chi connectivity index (χ3n) is 5.59. The predicted octanol–water partition coefficient (Wildman–Crippen LogP) is 2.98. The Morgan fingerprint density at radius 1 is 1.25 bits per heavy atom. The second-order valence-corrected chi connectivity index (χ2v) is 9.41. The number of likely N-dealkylation sites (tertiary alicyclic amines) is 1. The largest absolute Gasteiger partial charge is 0.480 e. The second kappa shape index (κ2) is 10.1. The third-order valence-corrected chi connectivity index (χ3v) is 5.59. The molecule has 3 amide bonds.